The van der Waals surface area contributed by atoms with Gasteiger partial charge in [0.1, 0.15) is 12.0 Å². The molecule has 1 fully saturated rings. The van der Waals surface area contributed by atoms with Crippen molar-refractivity contribution in [3.63, 3.8) is 0 Å². The summed E-state index contributed by atoms with van der Waals surface area (Å²) in [6.45, 7) is 0.796. The van der Waals surface area contributed by atoms with E-state index in [2.05, 4.69) is 10.5 Å². The van der Waals surface area contributed by atoms with Gasteiger partial charge in [-0.15, -0.1) is 0 Å². The minimum atomic E-state index is -4.49. The Balaban J connectivity index is 1.73. The lowest BCUT2D eigenvalue weighted by atomic mass is 10.0. The third kappa shape index (κ3) is 5.14. The molecule has 2 amide bonds. The van der Waals surface area contributed by atoms with Crippen LogP contribution in [0.25, 0.3) is 0 Å². The average Bonchev–Trinajstić information content (AvgIpc) is 3.17. The van der Waals surface area contributed by atoms with Crippen LogP contribution >= 0.6 is 0 Å². The molecule has 0 spiro atoms. The first-order valence-corrected chi connectivity index (χ1v) is 9.06. The fourth-order valence-corrected chi connectivity index (χ4v) is 3.30. The molecule has 3 rings (SSSR count). The van der Waals surface area contributed by atoms with Crippen molar-refractivity contribution in [2.45, 2.75) is 31.7 Å². The number of aromatic nitrogens is 1. The van der Waals surface area contributed by atoms with Gasteiger partial charge in [0.05, 0.1) is 24.6 Å². The van der Waals surface area contributed by atoms with Crippen LogP contribution in [0.5, 0.6) is 0 Å². The molecule has 156 valence electrons. The van der Waals surface area contributed by atoms with Crippen molar-refractivity contribution in [3.8, 4) is 0 Å². The van der Waals surface area contributed by atoms with Gasteiger partial charge < -0.3 is 14.7 Å². The largest absolute Gasteiger partial charge is 0.416 e. The Morgan fingerprint density at radius 3 is 2.79 bits per heavy atom. The Bertz CT molecular complexity index is 855. The molecule has 29 heavy (non-hydrogen) atoms. The number of benzene rings is 1. The number of hydrogen-bond donors (Lipinski definition) is 1. The van der Waals surface area contributed by atoms with Gasteiger partial charge in [0.25, 0.3) is 0 Å². The minimum Gasteiger partial charge on any atom is -0.364 e. The van der Waals surface area contributed by atoms with Gasteiger partial charge in [-0.05, 0) is 11.6 Å². The topological polar surface area (TPSA) is 78.7 Å². The van der Waals surface area contributed by atoms with E-state index in [1.807, 2.05) is 0 Å². The second kappa shape index (κ2) is 8.64. The van der Waals surface area contributed by atoms with Crippen molar-refractivity contribution in [2.24, 2.45) is 0 Å². The van der Waals surface area contributed by atoms with Gasteiger partial charge in [-0.1, -0.05) is 23.4 Å². The van der Waals surface area contributed by atoms with Crippen molar-refractivity contribution >= 4 is 11.8 Å². The lowest BCUT2D eigenvalue weighted by Gasteiger charge is -2.35. The Morgan fingerprint density at radius 1 is 1.34 bits per heavy atom. The molecule has 0 aliphatic carbocycles. The van der Waals surface area contributed by atoms with Gasteiger partial charge in [-0.3, -0.25) is 14.5 Å². The Labute approximate surface area is 165 Å². The van der Waals surface area contributed by atoms with Gasteiger partial charge in [-0.2, -0.15) is 13.2 Å². The SMILES string of the molecule is CN(Cc1ccon1)C(=O)C[C@H]1C(=O)NCCN1Cc1ccccc1C(F)(F)F. The zero-order valence-electron chi connectivity index (χ0n) is 15.8. The number of piperazine rings is 1. The molecule has 1 aliphatic heterocycles. The number of amides is 2. The maximum Gasteiger partial charge on any atom is 0.416 e. The molecular weight excluding hydrogens is 389 g/mol. The standard InChI is InChI=1S/C19H21F3N4O3/c1-25(12-14-6-9-29-24-14)17(27)10-16-18(28)23-7-8-26(16)11-13-4-2-3-5-15(13)19(20,21)22/h2-6,9,16H,7-8,10-12H2,1H3,(H,23,28)/t16-/m0/s1. The van der Waals surface area contributed by atoms with Gasteiger partial charge in [0.15, 0.2) is 0 Å². The molecule has 0 saturated carbocycles. The summed E-state index contributed by atoms with van der Waals surface area (Å²) in [5.74, 6) is -0.687. The number of nitrogens with one attached hydrogen (secondary N) is 1. The van der Waals surface area contributed by atoms with Crippen LogP contribution in [0, 0.1) is 0 Å². The molecule has 10 heteroatoms. The van der Waals surface area contributed by atoms with Gasteiger partial charge in [-0.25, -0.2) is 0 Å². The van der Waals surface area contributed by atoms with E-state index in [4.69, 9.17) is 4.52 Å². The number of halogens is 3. The molecule has 1 saturated heterocycles. The fraction of sp³-hybridized carbons (Fsp3) is 0.421. The highest BCUT2D eigenvalue weighted by Gasteiger charge is 2.36. The Morgan fingerprint density at radius 2 is 2.10 bits per heavy atom. The Hall–Kier alpha value is -2.88. The minimum absolute atomic E-state index is 0.0723. The van der Waals surface area contributed by atoms with Crippen LogP contribution in [-0.4, -0.2) is 52.9 Å². The van der Waals surface area contributed by atoms with Crippen molar-refractivity contribution < 1.29 is 27.3 Å². The summed E-state index contributed by atoms with van der Waals surface area (Å²) in [4.78, 5) is 28.0. The number of rotatable bonds is 6. The molecule has 2 heterocycles. The molecule has 1 N–H and O–H groups in total. The van der Waals surface area contributed by atoms with Crippen molar-refractivity contribution in [3.05, 3.63) is 53.4 Å². The molecule has 1 aromatic carbocycles. The van der Waals surface area contributed by atoms with E-state index in [1.54, 1.807) is 18.0 Å². The highest BCUT2D eigenvalue weighted by molar-refractivity contribution is 5.88. The average molecular weight is 410 g/mol. The summed E-state index contributed by atoms with van der Waals surface area (Å²) in [5, 5.41) is 6.42. The van der Waals surface area contributed by atoms with Crippen LogP contribution in [0.2, 0.25) is 0 Å². The molecule has 1 aromatic heterocycles. The number of carbonyl (C=O) groups excluding carboxylic acids is 2. The first kappa shape index (κ1) is 20.8. The normalized spacial score (nSPS) is 17.8. The van der Waals surface area contributed by atoms with E-state index >= 15 is 0 Å². The van der Waals surface area contributed by atoms with E-state index < -0.39 is 17.8 Å². The molecule has 7 nitrogen and oxygen atoms in total. The summed E-state index contributed by atoms with van der Waals surface area (Å²) in [5.41, 5.74) is -0.104. The first-order valence-electron chi connectivity index (χ1n) is 9.06. The van der Waals surface area contributed by atoms with Crippen LogP contribution in [-0.2, 0) is 28.9 Å². The van der Waals surface area contributed by atoms with Crippen molar-refractivity contribution in [2.75, 3.05) is 20.1 Å². The van der Waals surface area contributed by atoms with Crippen LogP contribution in [0.3, 0.4) is 0 Å². The molecule has 0 unspecified atom stereocenters. The number of nitrogens with zero attached hydrogens (tertiary/aromatic N) is 3. The summed E-state index contributed by atoms with van der Waals surface area (Å²) in [6, 6.07) is 6.04. The lowest BCUT2D eigenvalue weighted by molar-refractivity contribution is -0.140. The van der Waals surface area contributed by atoms with Gasteiger partial charge in [0, 0.05) is 32.7 Å². The monoisotopic (exact) mass is 410 g/mol. The Kier molecular flexibility index (Phi) is 6.21. The zero-order chi connectivity index (χ0) is 21.0. The van der Waals surface area contributed by atoms with Crippen LogP contribution in [0.4, 0.5) is 13.2 Å². The third-order valence-corrected chi connectivity index (χ3v) is 4.82. The van der Waals surface area contributed by atoms with E-state index in [0.29, 0.717) is 18.8 Å². The summed E-state index contributed by atoms with van der Waals surface area (Å²) in [7, 11) is 1.57. The van der Waals surface area contributed by atoms with Gasteiger partial charge in [0.2, 0.25) is 11.8 Å². The van der Waals surface area contributed by atoms with Crippen LogP contribution < -0.4 is 5.32 Å². The summed E-state index contributed by atoms with van der Waals surface area (Å²) >= 11 is 0. The second-order valence-corrected chi connectivity index (χ2v) is 6.88. The smallest absolute Gasteiger partial charge is 0.364 e. The van der Waals surface area contributed by atoms with E-state index in [0.717, 1.165) is 6.07 Å². The predicted octanol–water partition coefficient (Wildman–Crippen LogP) is 2.04. The molecule has 2 aromatic rings. The maximum absolute atomic E-state index is 13.3. The lowest BCUT2D eigenvalue weighted by Crippen LogP contribution is -2.56. The second-order valence-electron chi connectivity index (χ2n) is 6.88. The summed E-state index contributed by atoms with van der Waals surface area (Å²) < 4.78 is 44.6. The number of alkyl halides is 3. The van der Waals surface area contributed by atoms with E-state index in [9.17, 15) is 22.8 Å². The highest BCUT2D eigenvalue weighted by atomic mass is 19.4. The van der Waals surface area contributed by atoms with Gasteiger partial charge >= 0.3 is 6.18 Å². The molecule has 1 atom stereocenters. The zero-order valence-corrected chi connectivity index (χ0v) is 15.8. The maximum atomic E-state index is 13.3. The molecule has 0 bridgehead atoms. The number of carbonyl (C=O) groups is 2. The molecule has 1 aliphatic rings. The molecular formula is C19H21F3N4O3. The van der Waals surface area contributed by atoms with Crippen LogP contribution in [0.15, 0.2) is 41.1 Å². The van der Waals surface area contributed by atoms with Crippen LogP contribution in [0.1, 0.15) is 23.2 Å². The van der Waals surface area contributed by atoms with Crippen molar-refractivity contribution in [1.29, 1.82) is 0 Å². The quantitative estimate of drug-likeness (QED) is 0.789. The number of hydrogen-bond acceptors (Lipinski definition) is 5. The third-order valence-electron chi connectivity index (χ3n) is 4.82. The summed E-state index contributed by atoms with van der Waals surface area (Å²) in [6.07, 6.45) is -3.24. The fourth-order valence-electron chi connectivity index (χ4n) is 3.30. The van der Waals surface area contributed by atoms with E-state index in [-0.39, 0.29) is 36.9 Å². The molecule has 0 radical (unpaired) electrons. The highest BCUT2D eigenvalue weighted by Crippen LogP contribution is 2.32. The first-order chi connectivity index (χ1) is 13.8. The van der Waals surface area contributed by atoms with Crippen molar-refractivity contribution in [1.82, 2.24) is 20.3 Å². The van der Waals surface area contributed by atoms with E-state index in [1.165, 1.54) is 29.4 Å². The predicted molar refractivity (Wildman–Crippen MR) is 96.2 cm³/mol.